The van der Waals surface area contributed by atoms with E-state index in [9.17, 15) is 36.5 Å². The van der Waals surface area contributed by atoms with E-state index in [1.54, 1.807) is 27.7 Å². The van der Waals surface area contributed by atoms with Crippen LogP contribution in [0.15, 0.2) is 23.1 Å². The highest BCUT2D eigenvalue weighted by Crippen LogP contribution is 2.36. The number of sulfone groups is 1. The first kappa shape index (κ1) is 22.7. The van der Waals surface area contributed by atoms with Crippen LogP contribution in [0.1, 0.15) is 27.7 Å². The number of hydrogen-bond acceptors (Lipinski definition) is 6. The van der Waals surface area contributed by atoms with Crippen LogP contribution in [-0.2, 0) is 14.6 Å². The molecule has 1 aromatic rings. The lowest BCUT2D eigenvalue weighted by atomic mass is 10.1. The van der Waals surface area contributed by atoms with Crippen LogP contribution in [0.5, 0.6) is 0 Å². The Morgan fingerprint density at radius 1 is 1.26 bits per heavy atom. The van der Waals surface area contributed by atoms with Gasteiger partial charge in [-0.3, -0.25) is 14.9 Å². The molecular weight excluding hydrogens is 391 g/mol. The molecule has 0 saturated heterocycles. The normalized spacial score (nSPS) is 12.6. The molecule has 0 aliphatic heterocycles. The number of carbonyl (C=O) groups excluding carboxylic acids is 1. The van der Waals surface area contributed by atoms with Gasteiger partial charge in [-0.05, 0) is 39.8 Å². The number of nitrogens with one attached hydrogen (secondary N) is 1. The zero-order chi connectivity index (χ0) is 21.2. The van der Waals surface area contributed by atoms with Crippen molar-refractivity contribution in [3.05, 3.63) is 28.3 Å². The highest BCUT2D eigenvalue weighted by atomic mass is 32.2. The highest BCUT2D eigenvalue weighted by molar-refractivity contribution is 7.92. The maximum absolute atomic E-state index is 12.7. The van der Waals surface area contributed by atoms with Gasteiger partial charge in [0.25, 0.3) is 15.5 Å². The van der Waals surface area contributed by atoms with Gasteiger partial charge in [0, 0.05) is 18.2 Å². The van der Waals surface area contributed by atoms with Crippen molar-refractivity contribution in [2.24, 2.45) is 0 Å². The summed E-state index contributed by atoms with van der Waals surface area (Å²) in [7, 11) is -5.73. The van der Waals surface area contributed by atoms with Crippen LogP contribution in [0, 0.1) is 10.1 Å². The minimum atomic E-state index is -5.73. The largest absolute Gasteiger partial charge is 0.501 e. The predicted molar refractivity (Wildman–Crippen MR) is 92.1 cm³/mol. The quantitative estimate of drug-likeness (QED) is 0.569. The van der Waals surface area contributed by atoms with E-state index in [0.29, 0.717) is 12.1 Å². The molecule has 12 heteroatoms. The molecule has 1 N–H and O–H groups in total. The number of alkyl halides is 3. The molecule has 1 rings (SSSR count). The molecule has 0 spiro atoms. The first-order valence-corrected chi connectivity index (χ1v) is 9.24. The van der Waals surface area contributed by atoms with Crippen molar-refractivity contribution in [3.8, 4) is 0 Å². The Morgan fingerprint density at radius 3 is 2.22 bits per heavy atom. The van der Waals surface area contributed by atoms with Crippen LogP contribution in [0.3, 0.4) is 0 Å². The third-order valence-electron chi connectivity index (χ3n) is 3.33. The molecule has 0 aliphatic carbocycles. The second-order valence-electron chi connectivity index (χ2n) is 6.67. The monoisotopic (exact) mass is 411 g/mol. The lowest BCUT2D eigenvalue weighted by Gasteiger charge is -2.26. The van der Waals surface area contributed by atoms with Crippen LogP contribution >= 0.6 is 0 Å². The van der Waals surface area contributed by atoms with Gasteiger partial charge in [0.1, 0.15) is 5.69 Å². The lowest BCUT2D eigenvalue weighted by Crippen LogP contribution is -2.46. The Balaban J connectivity index is 3.35. The van der Waals surface area contributed by atoms with E-state index in [1.807, 2.05) is 0 Å². The molecule has 1 aromatic carbocycles. The van der Waals surface area contributed by atoms with Crippen molar-refractivity contribution >= 4 is 27.1 Å². The number of anilines is 1. The van der Waals surface area contributed by atoms with Gasteiger partial charge in [0.05, 0.1) is 16.4 Å². The molecule has 0 saturated carbocycles. The third-order valence-corrected chi connectivity index (χ3v) is 4.81. The molecule has 8 nitrogen and oxygen atoms in total. The molecule has 0 atom stereocenters. The molecule has 152 valence electrons. The summed E-state index contributed by atoms with van der Waals surface area (Å²) >= 11 is 0. The number of halogens is 3. The summed E-state index contributed by atoms with van der Waals surface area (Å²) in [5.74, 6) is -0.453. The Labute approximate surface area is 154 Å². The van der Waals surface area contributed by atoms with E-state index in [0.717, 1.165) is 6.07 Å². The first-order chi connectivity index (χ1) is 12.1. The Morgan fingerprint density at radius 2 is 1.81 bits per heavy atom. The van der Waals surface area contributed by atoms with Crippen LogP contribution in [0.2, 0.25) is 0 Å². The van der Waals surface area contributed by atoms with Gasteiger partial charge in [-0.25, -0.2) is 8.42 Å². The zero-order valence-corrected chi connectivity index (χ0v) is 15.9. The van der Waals surface area contributed by atoms with Gasteiger partial charge in [0.15, 0.2) is 0 Å². The lowest BCUT2D eigenvalue weighted by molar-refractivity contribution is -0.384. The Bertz CT molecular complexity index is 832. The number of amides is 1. The molecule has 0 aromatic heterocycles. The first-order valence-electron chi connectivity index (χ1n) is 7.76. The summed E-state index contributed by atoms with van der Waals surface area (Å²) in [5.41, 5.74) is -7.13. The van der Waals surface area contributed by atoms with E-state index in [2.05, 4.69) is 5.32 Å². The SMILES string of the molecule is CCN(CC(=O)NC(C)(C)C)c1ccc(S(=O)(=O)C(F)(F)F)cc1[N+](=O)[O-]. The average Bonchev–Trinajstić information content (AvgIpc) is 2.49. The van der Waals surface area contributed by atoms with E-state index >= 15 is 0 Å². The number of nitro groups is 1. The number of carbonyl (C=O) groups is 1. The van der Waals surface area contributed by atoms with Crippen molar-refractivity contribution in [2.75, 3.05) is 18.0 Å². The third kappa shape index (κ3) is 5.55. The number of likely N-dealkylation sites (N-methyl/N-ethyl adjacent to an activating group) is 1. The molecular formula is C15H20F3N3O5S. The molecule has 27 heavy (non-hydrogen) atoms. The van der Waals surface area contributed by atoms with Crippen LogP contribution in [0.25, 0.3) is 0 Å². The van der Waals surface area contributed by atoms with Crippen molar-refractivity contribution in [3.63, 3.8) is 0 Å². The van der Waals surface area contributed by atoms with Crippen molar-refractivity contribution in [2.45, 2.75) is 43.6 Å². The maximum Gasteiger partial charge on any atom is 0.501 e. The summed E-state index contributed by atoms with van der Waals surface area (Å²) < 4.78 is 61.0. The summed E-state index contributed by atoms with van der Waals surface area (Å²) in [6.07, 6.45) is 0. The van der Waals surface area contributed by atoms with Crippen LogP contribution in [-0.4, -0.2) is 43.4 Å². The molecule has 0 fully saturated rings. The van der Waals surface area contributed by atoms with E-state index in [-0.39, 0.29) is 18.8 Å². The molecule has 0 aliphatic rings. The number of hydrogen-bond donors (Lipinski definition) is 1. The maximum atomic E-state index is 12.7. The fourth-order valence-electron chi connectivity index (χ4n) is 2.22. The highest BCUT2D eigenvalue weighted by Gasteiger charge is 2.47. The zero-order valence-electron chi connectivity index (χ0n) is 15.1. The molecule has 0 bridgehead atoms. The van der Waals surface area contributed by atoms with Crippen molar-refractivity contribution in [1.29, 1.82) is 0 Å². The second-order valence-corrected chi connectivity index (χ2v) is 8.61. The van der Waals surface area contributed by atoms with Crippen LogP contribution in [0.4, 0.5) is 24.5 Å². The van der Waals surface area contributed by atoms with Gasteiger partial charge < -0.3 is 10.2 Å². The number of rotatable bonds is 6. The second kappa shape index (κ2) is 7.71. The topological polar surface area (TPSA) is 110 Å². The molecule has 0 heterocycles. The van der Waals surface area contributed by atoms with Gasteiger partial charge in [-0.2, -0.15) is 13.2 Å². The number of nitro benzene ring substituents is 1. The smallest absolute Gasteiger partial charge is 0.357 e. The Kier molecular flexibility index (Phi) is 6.47. The summed E-state index contributed by atoms with van der Waals surface area (Å²) in [6.45, 7) is 6.64. The summed E-state index contributed by atoms with van der Waals surface area (Å²) in [5, 5.41) is 14.0. The number of benzene rings is 1. The number of nitrogens with zero attached hydrogens (tertiary/aromatic N) is 2. The Hall–Kier alpha value is -2.37. The average molecular weight is 411 g/mol. The van der Waals surface area contributed by atoms with E-state index < -0.39 is 42.3 Å². The minimum absolute atomic E-state index is 0.129. The van der Waals surface area contributed by atoms with Crippen molar-refractivity contribution < 1.29 is 31.3 Å². The van der Waals surface area contributed by atoms with E-state index in [1.165, 1.54) is 4.90 Å². The minimum Gasteiger partial charge on any atom is -0.357 e. The van der Waals surface area contributed by atoms with Gasteiger partial charge in [0.2, 0.25) is 5.91 Å². The predicted octanol–water partition coefficient (Wildman–Crippen LogP) is 2.63. The van der Waals surface area contributed by atoms with Gasteiger partial charge >= 0.3 is 5.51 Å². The fraction of sp³-hybridized carbons (Fsp3) is 0.533. The standard InChI is InChI=1S/C15H20F3N3O5S/c1-5-20(9-13(22)19-14(2,3)4)11-7-6-10(8-12(11)21(23)24)27(25,26)15(16,17)18/h6-8H,5,9H2,1-4H3,(H,19,22). The molecule has 1 amide bonds. The van der Waals surface area contributed by atoms with Gasteiger partial charge in [-0.15, -0.1) is 0 Å². The summed E-state index contributed by atoms with van der Waals surface area (Å²) in [4.78, 5) is 22.4. The van der Waals surface area contributed by atoms with E-state index in [4.69, 9.17) is 0 Å². The van der Waals surface area contributed by atoms with Crippen molar-refractivity contribution in [1.82, 2.24) is 5.32 Å². The summed E-state index contributed by atoms with van der Waals surface area (Å²) in [6, 6.07) is 1.88. The fourth-order valence-corrected chi connectivity index (χ4v) is 3.00. The van der Waals surface area contributed by atoms with Gasteiger partial charge in [-0.1, -0.05) is 0 Å². The van der Waals surface area contributed by atoms with Crippen LogP contribution < -0.4 is 10.2 Å². The molecule has 0 radical (unpaired) electrons. The molecule has 0 unspecified atom stereocenters.